The topological polar surface area (TPSA) is 71.4 Å². The molecule has 38 heavy (non-hydrogen) atoms. The minimum Gasteiger partial charge on any atom is -0.460 e. The normalized spacial score (nSPS) is 16.8. The summed E-state index contributed by atoms with van der Waals surface area (Å²) in [7, 11) is 3.38. The quantitative estimate of drug-likeness (QED) is 0.292. The van der Waals surface area contributed by atoms with Gasteiger partial charge < -0.3 is 19.3 Å². The molecule has 0 spiro atoms. The molecule has 0 radical (unpaired) electrons. The van der Waals surface area contributed by atoms with Crippen molar-refractivity contribution in [2.24, 2.45) is 4.99 Å². The number of hydrogen-bond donors (Lipinski definition) is 0. The summed E-state index contributed by atoms with van der Waals surface area (Å²) in [5.41, 5.74) is 5.13. The molecule has 0 saturated heterocycles. The van der Waals surface area contributed by atoms with E-state index >= 15 is 0 Å². The first-order valence-corrected chi connectivity index (χ1v) is 13.7. The van der Waals surface area contributed by atoms with E-state index in [9.17, 15) is 9.59 Å². The predicted octanol–water partition coefficient (Wildman–Crippen LogP) is 5.62. The Balaban J connectivity index is 1.63. The smallest absolute Gasteiger partial charge is 0.338 e. The number of rotatable bonds is 10. The Morgan fingerprint density at radius 1 is 1.08 bits per heavy atom. The highest BCUT2D eigenvalue weighted by atomic mass is 32.2. The van der Waals surface area contributed by atoms with Gasteiger partial charge in [0, 0.05) is 26.4 Å². The van der Waals surface area contributed by atoms with Crippen molar-refractivity contribution in [2.75, 3.05) is 27.4 Å². The molecule has 1 unspecified atom stereocenters. The van der Waals surface area contributed by atoms with Gasteiger partial charge in [0.25, 0.3) is 0 Å². The Morgan fingerprint density at radius 3 is 2.45 bits per heavy atom. The number of amidine groups is 1. The number of fused-ring (bicyclic) bond motifs is 1. The van der Waals surface area contributed by atoms with E-state index in [1.165, 1.54) is 17.3 Å². The van der Waals surface area contributed by atoms with Crippen LogP contribution in [0.4, 0.5) is 0 Å². The summed E-state index contributed by atoms with van der Waals surface area (Å²) in [5, 5.41) is 2.72. The highest BCUT2D eigenvalue weighted by Crippen LogP contribution is 2.45. The van der Waals surface area contributed by atoms with E-state index in [0.29, 0.717) is 30.3 Å². The van der Waals surface area contributed by atoms with Crippen LogP contribution in [0.3, 0.4) is 0 Å². The fraction of sp³-hybridized carbons (Fsp3) is 0.367. The number of aliphatic imine (C=N–C) groups is 1. The maximum Gasteiger partial charge on any atom is 0.338 e. The van der Waals surface area contributed by atoms with Gasteiger partial charge in [-0.3, -0.25) is 4.79 Å². The van der Waals surface area contributed by atoms with Gasteiger partial charge in [-0.1, -0.05) is 80.2 Å². The lowest BCUT2D eigenvalue weighted by Gasteiger charge is -2.36. The molecule has 2 aromatic rings. The van der Waals surface area contributed by atoms with Crippen molar-refractivity contribution < 1.29 is 19.1 Å². The van der Waals surface area contributed by atoms with Gasteiger partial charge in [0.15, 0.2) is 5.17 Å². The molecule has 2 aliphatic heterocycles. The summed E-state index contributed by atoms with van der Waals surface area (Å²) in [4.78, 5) is 35.1. The molecule has 0 bridgehead atoms. The molecular weight excluding hydrogens is 498 g/mol. The number of nitrogens with zero attached hydrogens (tertiary/aromatic N) is 3. The highest BCUT2D eigenvalue weighted by Gasteiger charge is 2.41. The van der Waals surface area contributed by atoms with Crippen molar-refractivity contribution in [1.29, 1.82) is 0 Å². The fourth-order valence-corrected chi connectivity index (χ4v) is 5.50. The molecule has 8 heteroatoms. The number of amides is 1. The summed E-state index contributed by atoms with van der Waals surface area (Å²) < 4.78 is 10.6. The first-order valence-electron chi connectivity index (χ1n) is 12.8. The summed E-state index contributed by atoms with van der Waals surface area (Å²) in [6, 6.07) is 17.8. The van der Waals surface area contributed by atoms with Crippen molar-refractivity contribution in [3.8, 4) is 0 Å². The van der Waals surface area contributed by atoms with Gasteiger partial charge in [-0.2, -0.15) is 0 Å². The number of esters is 1. The number of benzene rings is 2. The lowest BCUT2D eigenvalue weighted by Crippen LogP contribution is -2.38. The first kappa shape index (κ1) is 27.7. The van der Waals surface area contributed by atoms with Gasteiger partial charge >= 0.3 is 5.97 Å². The molecule has 1 atom stereocenters. The Hall–Kier alpha value is -3.36. The van der Waals surface area contributed by atoms with Gasteiger partial charge in [-0.15, -0.1) is 0 Å². The zero-order chi connectivity index (χ0) is 27.2. The van der Waals surface area contributed by atoms with E-state index in [1.54, 1.807) is 12.0 Å². The predicted molar refractivity (Wildman–Crippen MR) is 151 cm³/mol. The fourth-order valence-electron chi connectivity index (χ4n) is 4.54. The monoisotopic (exact) mass is 533 g/mol. The van der Waals surface area contributed by atoms with Crippen LogP contribution in [0, 0.1) is 0 Å². The first-order chi connectivity index (χ1) is 18.3. The molecule has 0 aromatic heterocycles. The van der Waals surface area contributed by atoms with Gasteiger partial charge in [0.1, 0.15) is 6.61 Å². The van der Waals surface area contributed by atoms with E-state index in [1.807, 2.05) is 54.6 Å². The number of hydrogen-bond acceptors (Lipinski definition) is 7. The molecule has 1 amide bonds. The van der Waals surface area contributed by atoms with Gasteiger partial charge in [-0.05, 0) is 34.9 Å². The third-order valence-corrected chi connectivity index (χ3v) is 7.57. The number of thioether (sulfide) groups is 1. The molecule has 2 aliphatic rings. The van der Waals surface area contributed by atoms with Crippen LogP contribution in [-0.4, -0.2) is 54.2 Å². The number of carbonyl (C=O) groups is 2. The van der Waals surface area contributed by atoms with E-state index < -0.39 is 12.0 Å². The molecule has 2 aromatic carbocycles. The Bertz CT molecular complexity index is 1250. The van der Waals surface area contributed by atoms with E-state index in [4.69, 9.17) is 14.5 Å². The summed E-state index contributed by atoms with van der Waals surface area (Å²) >= 11 is 1.47. The zero-order valence-electron chi connectivity index (χ0n) is 22.6. The number of methoxy groups -OCH3 is 1. The Labute approximate surface area is 229 Å². The van der Waals surface area contributed by atoms with Crippen molar-refractivity contribution in [3.63, 3.8) is 0 Å². The summed E-state index contributed by atoms with van der Waals surface area (Å²) in [6.07, 6.45) is 0.195. The average molecular weight is 534 g/mol. The summed E-state index contributed by atoms with van der Waals surface area (Å²) in [5.74, 6) is -0.0470. The maximum atomic E-state index is 13.3. The van der Waals surface area contributed by atoms with Crippen molar-refractivity contribution in [3.05, 3.63) is 93.7 Å². The second-order valence-electron chi connectivity index (χ2n) is 9.76. The average Bonchev–Trinajstić information content (AvgIpc) is 3.30. The van der Waals surface area contributed by atoms with Crippen LogP contribution in [0.15, 0.2) is 82.0 Å². The van der Waals surface area contributed by atoms with Crippen LogP contribution in [-0.2, 0) is 25.6 Å². The standard InChI is InChI=1S/C30H35N3O4S/c1-20(2)23-11-13-24(14-12-23)28-27(29(35)37-16-15-36-5)21(3)31-30-33(28)25(19-38-30)17-26(34)32(4)18-22-9-7-6-8-10-22/h6-14,19-20,28H,15-18H2,1-5H3. The number of allylic oxidation sites excluding steroid dienone is 1. The van der Waals surface area contributed by atoms with Crippen LogP contribution in [0.2, 0.25) is 0 Å². The van der Waals surface area contributed by atoms with Crippen LogP contribution in [0.5, 0.6) is 0 Å². The second kappa shape index (κ2) is 12.5. The molecule has 0 aliphatic carbocycles. The molecular formula is C30H35N3O4S. The molecule has 0 saturated carbocycles. The Kier molecular flexibility index (Phi) is 9.07. The van der Waals surface area contributed by atoms with Crippen LogP contribution in [0.25, 0.3) is 0 Å². The summed E-state index contributed by atoms with van der Waals surface area (Å²) in [6.45, 7) is 7.13. The highest BCUT2D eigenvalue weighted by molar-refractivity contribution is 8.16. The maximum absolute atomic E-state index is 13.3. The lowest BCUT2D eigenvalue weighted by molar-refractivity contribution is -0.141. The van der Waals surface area contributed by atoms with E-state index in [-0.39, 0.29) is 18.9 Å². The third kappa shape index (κ3) is 6.19. The SMILES string of the molecule is COCCOC(=O)C1=C(C)N=C2SC=C(CC(=O)N(C)Cc3ccccc3)N2C1c1ccc(C(C)C)cc1. The van der Waals surface area contributed by atoms with Gasteiger partial charge in [-0.25, -0.2) is 9.79 Å². The van der Waals surface area contributed by atoms with Gasteiger partial charge in [0.2, 0.25) is 5.91 Å². The van der Waals surface area contributed by atoms with E-state index in [0.717, 1.165) is 22.0 Å². The zero-order valence-corrected chi connectivity index (χ0v) is 23.5. The largest absolute Gasteiger partial charge is 0.460 e. The van der Waals surface area contributed by atoms with E-state index in [2.05, 4.69) is 38.1 Å². The molecule has 2 heterocycles. The minimum atomic E-state index is -0.452. The Morgan fingerprint density at radius 2 is 1.79 bits per heavy atom. The molecule has 4 rings (SSSR count). The van der Waals surface area contributed by atoms with Crippen molar-refractivity contribution in [2.45, 2.75) is 45.7 Å². The van der Waals surface area contributed by atoms with Gasteiger partial charge in [0.05, 0.1) is 30.3 Å². The van der Waals surface area contributed by atoms with Crippen LogP contribution in [0.1, 0.15) is 55.8 Å². The van der Waals surface area contributed by atoms with Crippen LogP contribution >= 0.6 is 11.8 Å². The number of ether oxygens (including phenoxy) is 2. The minimum absolute atomic E-state index is 0.00800. The van der Waals surface area contributed by atoms with Crippen molar-refractivity contribution >= 4 is 28.8 Å². The molecule has 0 N–H and O–H groups in total. The second-order valence-corrected chi connectivity index (χ2v) is 10.6. The van der Waals surface area contributed by atoms with Crippen LogP contribution < -0.4 is 0 Å². The molecule has 7 nitrogen and oxygen atoms in total. The molecule has 0 fully saturated rings. The third-order valence-electron chi connectivity index (χ3n) is 6.68. The van der Waals surface area contributed by atoms with Crippen molar-refractivity contribution in [1.82, 2.24) is 9.80 Å². The lowest BCUT2D eigenvalue weighted by atomic mass is 9.92. The molecule has 200 valence electrons. The number of carbonyl (C=O) groups excluding carboxylic acids is 2.